The molecule has 13 heteroatoms. The number of carbonyl (C=O) groups is 2. The van der Waals surface area contributed by atoms with Gasteiger partial charge < -0.3 is 15.5 Å². The fraction of sp³-hybridized carbons (Fsp3) is 0.200. The average molecular weight is 542 g/mol. The number of primary amides is 1. The molecule has 8 nitrogen and oxygen atoms in total. The van der Waals surface area contributed by atoms with Gasteiger partial charge >= 0.3 is 6.18 Å². The second kappa shape index (κ2) is 8.30. The smallest absolute Gasteiger partial charge is 0.433 e. The molecule has 0 aliphatic heterocycles. The monoisotopic (exact) mass is 541 g/mol. The van der Waals surface area contributed by atoms with E-state index in [1.54, 1.807) is 13.8 Å². The molecule has 0 radical (unpaired) electrons. The van der Waals surface area contributed by atoms with Gasteiger partial charge in [-0.15, -0.1) is 11.3 Å². The number of hydrogen-bond acceptors (Lipinski definition) is 6. The number of amides is 2. The minimum absolute atomic E-state index is 0.0187. The molecule has 0 atom stereocenters. The van der Waals surface area contributed by atoms with Crippen LogP contribution in [0.3, 0.4) is 0 Å². The van der Waals surface area contributed by atoms with Gasteiger partial charge in [-0.2, -0.15) is 18.3 Å². The minimum Gasteiger partial charge on any atom is -0.464 e. The van der Waals surface area contributed by atoms with Crippen molar-refractivity contribution in [1.29, 1.82) is 0 Å². The summed E-state index contributed by atoms with van der Waals surface area (Å²) in [5.41, 5.74) is 5.69. The molecule has 33 heavy (non-hydrogen) atoms. The van der Waals surface area contributed by atoms with Crippen molar-refractivity contribution in [2.75, 3.05) is 5.32 Å². The maximum atomic E-state index is 13.5. The lowest BCUT2D eigenvalue weighted by atomic mass is 10.1. The van der Waals surface area contributed by atoms with Gasteiger partial charge in [0.15, 0.2) is 0 Å². The van der Waals surface area contributed by atoms with E-state index in [9.17, 15) is 22.8 Å². The fourth-order valence-electron chi connectivity index (χ4n) is 3.31. The summed E-state index contributed by atoms with van der Waals surface area (Å²) >= 11 is 4.04. The van der Waals surface area contributed by atoms with E-state index >= 15 is 0 Å². The van der Waals surface area contributed by atoms with Gasteiger partial charge in [0.2, 0.25) is 5.91 Å². The molecule has 4 rings (SSSR count). The molecule has 0 saturated carbocycles. The van der Waals surface area contributed by atoms with Crippen LogP contribution in [0.5, 0.6) is 0 Å². The van der Waals surface area contributed by atoms with E-state index in [0.29, 0.717) is 22.7 Å². The number of pyridine rings is 1. The van der Waals surface area contributed by atoms with Crippen LogP contribution in [0.15, 0.2) is 33.4 Å². The van der Waals surface area contributed by atoms with Gasteiger partial charge in [0.1, 0.15) is 27.7 Å². The SMILES string of the molecule is Cc1nn(CC(=O)Nc2c(C(N)=O)sc3nc(C(F)(F)F)cc(-c4ccco4)c23)c(C)c1Br. The van der Waals surface area contributed by atoms with E-state index in [4.69, 9.17) is 10.2 Å². The molecule has 4 aromatic rings. The number of aryl methyl sites for hydroxylation is 1. The number of halogens is 4. The zero-order chi connectivity index (χ0) is 24.1. The van der Waals surface area contributed by atoms with Gasteiger partial charge in [0.25, 0.3) is 5.91 Å². The van der Waals surface area contributed by atoms with Gasteiger partial charge in [-0.25, -0.2) is 4.98 Å². The summed E-state index contributed by atoms with van der Waals surface area (Å²) in [6.45, 7) is 3.34. The Morgan fingerprint density at radius 3 is 2.61 bits per heavy atom. The van der Waals surface area contributed by atoms with E-state index in [0.717, 1.165) is 10.5 Å². The Morgan fingerprint density at radius 1 is 1.33 bits per heavy atom. The first-order chi connectivity index (χ1) is 15.5. The molecule has 0 aliphatic carbocycles. The molecule has 0 spiro atoms. The van der Waals surface area contributed by atoms with E-state index in [1.165, 1.54) is 23.1 Å². The van der Waals surface area contributed by atoms with Crippen LogP contribution in [0.2, 0.25) is 0 Å². The van der Waals surface area contributed by atoms with Crippen molar-refractivity contribution >= 4 is 55.0 Å². The normalized spacial score (nSPS) is 11.8. The van der Waals surface area contributed by atoms with Gasteiger partial charge in [0.05, 0.1) is 27.8 Å². The molecular weight excluding hydrogens is 527 g/mol. The predicted molar refractivity (Wildman–Crippen MR) is 119 cm³/mol. The molecule has 4 aromatic heterocycles. The number of rotatable bonds is 5. The number of anilines is 1. The molecule has 0 unspecified atom stereocenters. The summed E-state index contributed by atoms with van der Waals surface area (Å²) in [7, 11) is 0. The Bertz CT molecular complexity index is 1390. The first kappa shape index (κ1) is 23.0. The lowest BCUT2D eigenvalue weighted by Gasteiger charge is -2.11. The largest absolute Gasteiger partial charge is 0.464 e. The molecule has 0 aromatic carbocycles. The maximum Gasteiger partial charge on any atom is 0.433 e. The van der Waals surface area contributed by atoms with Crippen molar-refractivity contribution in [2.45, 2.75) is 26.6 Å². The van der Waals surface area contributed by atoms with Crippen molar-refractivity contribution in [2.24, 2.45) is 5.73 Å². The molecule has 4 heterocycles. The van der Waals surface area contributed by atoms with Crippen LogP contribution in [0.25, 0.3) is 21.5 Å². The summed E-state index contributed by atoms with van der Waals surface area (Å²) in [6, 6.07) is 3.79. The summed E-state index contributed by atoms with van der Waals surface area (Å²) in [6.07, 6.45) is -3.44. The van der Waals surface area contributed by atoms with Crippen molar-refractivity contribution < 1.29 is 27.2 Å². The molecular formula is C20H15BrF3N5O3S. The number of thiophene rings is 1. The average Bonchev–Trinajstić information content (AvgIpc) is 3.44. The Morgan fingerprint density at radius 2 is 2.06 bits per heavy atom. The fourth-order valence-corrected chi connectivity index (χ4v) is 4.60. The van der Waals surface area contributed by atoms with E-state index in [1.807, 2.05) is 0 Å². The number of aromatic nitrogens is 3. The zero-order valence-corrected chi connectivity index (χ0v) is 19.5. The van der Waals surface area contributed by atoms with Gasteiger partial charge in [0, 0.05) is 10.9 Å². The summed E-state index contributed by atoms with van der Waals surface area (Å²) in [4.78, 5) is 28.4. The molecule has 2 amide bonds. The van der Waals surface area contributed by atoms with Gasteiger partial charge in [-0.1, -0.05) is 0 Å². The molecule has 172 valence electrons. The number of carbonyl (C=O) groups excluding carboxylic acids is 2. The van der Waals surface area contributed by atoms with Crippen molar-refractivity contribution in [3.05, 3.63) is 50.9 Å². The second-order valence-corrected chi connectivity index (χ2v) is 8.86. The number of fused-ring (bicyclic) bond motifs is 1. The standard InChI is InChI=1S/C20H15BrF3N5O3S/c1-8-15(21)9(2)29(28-8)7-13(30)27-16-14-10(11-4-3-5-32-11)6-12(20(22,23)24)26-19(14)33-17(16)18(25)31/h3-6H,7H2,1-2H3,(H2,25,31)(H,27,30). The van der Waals surface area contributed by atoms with Gasteiger partial charge in [-0.3, -0.25) is 14.3 Å². The number of nitrogens with zero attached hydrogens (tertiary/aromatic N) is 3. The van der Waals surface area contributed by atoms with Crippen LogP contribution in [0.1, 0.15) is 26.8 Å². The highest BCUT2D eigenvalue weighted by Crippen LogP contribution is 2.43. The lowest BCUT2D eigenvalue weighted by molar-refractivity contribution is -0.140. The third-order valence-corrected chi connectivity index (χ3v) is 7.06. The topological polar surface area (TPSA) is 116 Å². The van der Waals surface area contributed by atoms with E-state index in [-0.39, 0.29) is 38.6 Å². The van der Waals surface area contributed by atoms with Crippen LogP contribution >= 0.6 is 27.3 Å². The van der Waals surface area contributed by atoms with Crippen molar-refractivity contribution in [3.8, 4) is 11.3 Å². The first-order valence-electron chi connectivity index (χ1n) is 9.35. The third-order valence-electron chi connectivity index (χ3n) is 4.81. The lowest BCUT2D eigenvalue weighted by Crippen LogP contribution is -2.22. The molecule has 0 saturated heterocycles. The van der Waals surface area contributed by atoms with Crippen LogP contribution < -0.4 is 11.1 Å². The quantitative estimate of drug-likeness (QED) is 0.373. The second-order valence-electron chi connectivity index (χ2n) is 7.07. The van der Waals surface area contributed by atoms with Crippen molar-refractivity contribution in [1.82, 2.24) is 14.8 Å². The number of furan rings is 1. The van der Waals surface area contributed by atoms with Crippen LogP contribution in [-0.2, 0) is 17.5 Å². The Kier molecular flexibility index (Phi) is 5.78. The Labute approximate surface area is 196 Å². The highest BCUT2D eigenvalue weighted by Gasteiger charge is 2.35. The van der Waals surface area contributed by atoms with Crippen molar-refractivity contribution in [3.63, 3.8) is 0 Å². The summed E-state index contributed by atoms with van der Waals surface area (Å²) < 4.78 is 47.9. The molecule has 0 bridgehead atoms. The maximum absolute atomic E-state index is 13.5. The highest BCUT2D eigenvalue weighted by atomic mass is 79.9. The zero-order valence-electron chi connectivity index (χ0n) is 17.1. The molecule has 0 aliphatic rings. The van der Waals surface area contributed by atoms with Crippen LogP contribution in [-0.4, -0.2) is 26.6 Å². The number of nitrogens with one attached hydrogen (secondary N) is 1. The molecule has 3 N–H and O–H groups in total. The number of nitrogens with two attached hydrogens (primary N) is 1. The van der Waals surface area contributed by atoms with Crippen LogP contribution in [0.4, 0.5) is 18.9 Å². The van der Waals surface area contributed by atoms with Gasteiger partial charge in [-0.05, 0) is 48.0 Å². The number of alkyl halides is 3. The third kappa shape index (κ3) is 4.25. The van der Waals surface area contributed by atoms with E-state index < -0.39 is 23.7 Å². The number of hydrogen-bond donors (Lipinski definition) is 2. The summed E-state index contributed by atoms with van der Waals surface area (Å²) in [5, 5.41) is 7.00. The highest BCUT2D eigenvalue weighted by molar-refractivity contribution is 9.10. The Hall–Kier alpha value is -3.19. The predicted octanol–water partition coefficient (Wildman–Crippen LogP) is 4.89. The Balaban J connectivity index is 1.86. The first-order valence-corrected chi connectivity index (χ1v) is 11.0. The summed E-state index contributed by atoms with van der Waals surface area (Å²) in [5.74, 6) is -1.36. The minimum atomic E-state index is -4.74. The van der Waals surface area contributed by atoms with E-state index in [2.05, 4.69) is 31.3 Å². The van der Waals surface area contributed by atoms with Crippen LogP contribution in [0, 0.1) is 13.8 Å². The molecule has 0 fully saturated rings.